The minimum Gasteiger partial charge on any atom is -0.475 e. The van der Waals surface area contributed by atoms with Crippen molar-refractivity contribution < 1.29 is 23.0 Å². The number of aromatic nitrogens is 1. The molecule has 11 heteroatoms. The lowest BCUT2D eigenvalue weighted by Crippen LogP contribution is -2.46. The Bertz CT molecular complexity index is 626. The molecule has 0 aliphatic carbocycles. The monoisotopic (exact) mass is 522 g/mol. The highest BCUT2D eigenvalue weighted by Crippen LogP contribution is 2.33. The van der Waals surface area contributed by atoms with Gasteiger partial charge in [0.25, 0.3) is 0 Å². The summed E-state index contributed by atoms with van der Waals surface area (Å²) in [6.07, 6.45) is -2.71. The van der Waals surface area contributed by atoms with Gasteiger partial charge < -0.3 is 20.1 Å². The third kappa shape index (κ3) is 7.49. The fourth-order valence-electron chi connectivity index (χ4n) is 2.48. The Morgan fingerprint density at radius 2 is 2.11 bits per heavy atom. The van der Waals surface area contributed by atoms with E-state index in [4.69, 9.17) is 16.3 Å². The fraction of sp³-hybridized carbons (Fsp3) is 0.625. The van der Waals surface area contributed by atoms with Crippen LogP contribution in [0.3, 0.4) is 0 Å². The maximum Gasteiger partial charge on any atom is 0.417 e. The molecule has 0 unspecified atom stereocenters. The highest BCUT2D eigenvalue weighted by atomic mass is 127. The molecule has 2 rings (SSSR count). The molecule has 0 amide bonds. The molecule has 1 aromatic rings. The molecule has 0 bridgehead atoms. The van der Waals surface area contributed by atoms with E-state index >= 15 is 0 Å². The van der Waals surface area contributed by atoms with E-state index in [0.717, 1.165) is 12.0 Å². The molecule has 0 aromatic carbocycles. The van der Waals surface area contributed by atoms with Crippen molar-refractivity contribution in [3.8, 4) is 5.88 Å². The molecule has 1 aliphatic heterocycles. The van der Waals surface area contributed by atoms with Gasteiger partial charge in [0, 0.05) is 25.8 Å². The SMILES string of the molecule is CCNC(=NCCOc1ncc(C(F)(F)F)cc1Cl)N1CCC(O)CC1.I. The number of guanidine groups is 1. The number of rotatable bonds is 5. The topological polar surface area (TPSA) is 70.0 Å². The van der Waals surface area contributed by atoms with Crippen LogP contribution in [0.25, 0.3) is 0 Å². The highest BCUT2D eigenvalue weighted by molar-refractivity contribution is 14.0. The quantitative estimate of drug-likeness (QED) is 0.269. The van der Waals surface area contributed by atoms with Crippen molar-refractivity contribution in [2.45, 2.75) is 32.0 Å². The van der Waals surface area contributed by atoms with E-state index in [-0.39, 0.29) is 47.6 Å². The Kier molecular flexibility index (Phi) is 9.88. The third-order valence-corrected chi connectivity index (χ3v) is 4.10. The average molecular weight is 523 g/mol. The second-order valence-corrected chi connectivity index (χ2v) is 6.22. The Labute approximate surface area is 178 Å². The van der Waals surface area contributed by atoms with E-state index in [2.05, 4.69) is 20.2 Å². The van der Waals surface area contributed by atoms with Crippen molar-refractivity contribution in [3.63, 3.8) is 0 Å². The van der Waals surface area contributed by atoms with Gasteiger partial charge in [-0.3, -0.25) is 0 Å². The lowest BCUT2D eigenvalue weighted by Gasteiger charge is -2.32. The zero-order chi connectivity index (χ0) is 19.2. The van der Waals surface area contributed by atoms with Gasteiger partial charge in [0.05, 0.1) is 18.2 Å². The number of nitrogens with one attached hydrogen (secondary N) is 1. The molecule has 0 radical (unpaired) electrons. The van der Waals surface area contributed by atoms with Crippen LogP contribution in [0.5, 0.6) is 5.88 Å². The second-order valence-electron chi connectivity index (χ2n) is 5.81. The number of aliphatic imine (C=N–C) groups is 1. The minimum absolute atomic E-state index is 0. The molecule has 6 nitrogen and oxygen atoms in total. The molecule has 0 atom stereocenters. The van der Waals surface area contributed by atoms with Crippen LogP contribution >= 0.6 is 35.6 Å². The van der Waals surface area contributed by atoms with Gasteiger partial charge >= 0.3 is 6.18 Å². The van der Waals surface area contributed by atoms with Crippen LogP contribution in [0, 0.1) is 0 Å². The van der Waals surface area contributed by atoms with E-state index in [9.17, 15) is 18.3 Å². The lowest BCUT2D eigenvalue weighted by atomic mass is 10.1. The Morgan fingerprint density at radius 3 is 2.67 bits per heavy atom. The van der Waals surface area contributed by atoms with E-state index in [0.29, 0.717) is 45.2 Å². The van der Waals surface area contributed by atoms with Crippen LogP contribution in [0.15, 0.2) is 17.3 Å². The van der Waals surface area contributed by atoms with Gasteiger partial charge in [-0.05, 0) is 25.8 Å². The number of ether oxygens (including phenoxy) is 1. The predicted molar refractivity (Wildman–Crippen MR) is 108 cm³/mol. The van der Waals surface area contributed by atoms with Crippen LogP contribution in [0.1, 0.15) is 25.3 Å². The van der Waals surface area contributed by atoms with Crippen molar-refractivity contribution in [2.75, 3.05) is 32.8 Å². The second kappa shape index (κ2) is 11.1. The van der Waals surface area contributed by atoms with Gasteiger partial charge in [-0.2, -0.15) is 13.2 Å². The largest absolute Gasteiger partial charge is 0.475 e. The van der Waals surface area contributed by atoms with Crippen LogP contribution in [-0.4, -0.2) is 59.8 Å². The number of alkyl halides is 3. The summed E-state index contributed by atoms with van der Waals surface area (Å²) in [6, 6.07) is 0.788. The molecule has 1 fully saturated rings. The first-order valence-corrected chi connectivity index (χ1v) is 8.76. The van der Waals surface area contributed by atoms with Gasteiger partial charge in [0.15, 0.2) is 5.96 Å². The Balaban J connectivity index is 0.00000364. The summed E-state index contributed by atoms with van der Waals surface area (Å²) in [5.41, 5.74) is -0.922. The van der Waals surface area contributed by atoms with E-state index in [1.54, 1.807) is 0 Å². The van der Waals surface area contributed by atoms with Crippen LogP contribution in [-0.2, 0) is 6.18 Å². The minimum atomic E-state index is -4.50. The van der Waals surface area contributed by atoms with Crippen molar-refractivity contribution in [2.24, 2.45) is 4.99 Å². The number of hydrogen-bond donors (Lipinski definition) is 2. The molecule has 2 N–H and O–H groups in total. The number of piperidine rings is 1. The molecule has 154 valence electrons. The van der Waals surface area contributed by atoms with Crippen LogP contribution in [0.4, 0.5) is 13.2 Å². The number of nitrogens with zero attached hydrogens (tertiary/aromatic N) is 3. The molecule has 2 heterocycles. The number of hydrogen-bond acceptors (Lipinski definition) is 4. The summed E-state index contributed by atoms with van der Waals surface area (Å²) >= 11 is 5.79. The van der Waals surface area contributed by atoms with Crippen molar-refractivity contribution in [1.29, 1.82) is 0 Å². The number of likely N-dealkylation sites (tertiary alicyclic amines) is 1. The summed E-state index contributed by atoms with van der Waals surface area (Å²) in [4.78, 5) is 10.1. The summed E-state index contributed by atoms with van der Waals surface area (Å²) in [6.45, 7) is 4.49. The first kappa shape index (κ1) is 24.0. The summed E-state index contributed by atoms with van der Waals surface area (Å²) in [7, 11) is 0. The lowest BCUT2D eigenvalue weighted by molar-refractivity contribution is -0.137. The average Bonchev–Trinajstić information content (AvgIpc) is 2.58. The molecule has 1 aromatic heterocycles. The van der Waals surface area contributed by atoms with Gasteiger partial charge in [0.2, 0.25) is 5.88 Å². The molecule has 0 saturated carbocycles. The number of pyridine rings is 1. The highest BCUT2D eigenvalue weighted by Gasteiger charge is 2.31. The van der Waals surface area contributed by atoms with Gasteiger partial charge in [-0.15, -0.1) is 24.0 Å². The predicted octanol–water partition coefficient (Wildman–Crippen LogP) is 3.17. The zero-order valence-electron chi connectivity index (χ0n) is 14.8. The van der Waals surface area contributed by atoms with Crippen molar-refractivity contribution >= 4 is 41.5 Å². The standard InChI is InChI=1S/C16H22ClF3N4O2.HI/c1-2-21-15(24-6-3-12(25)4-7-24)22-5-8-26-14-13(17)9-11(10-23-14)16(18,19)20;/h9-10,12,25H,2-8H2,1H3,(H,21,22);1H. The third-order valence-electron chi connectivity index (χ3n) is 3.83. The van der Waals surface area contributed by atoms with E-state index in [1.165, 1.54) is 0 Å². The number of halogens is 5. The van der Waals surface area contributed by atoms with Crippen LogP contribution < -0.4 is 10.1 Å². The molecular formula is C16H23ClF3IN4O2. The smallest absolute Gasteiger partial charge is 0.417 e. The summed E-state index contributed by atoms with van der Waals surface area (Å²) < 4.78 is 43.1. The summed E-state index contributed by atoms with van der Waals surface area (Å²) in [5.74, 6) is 0.662. The van der Waals surface area contributed by atoms with Gasteiger partial charge in [-0.25, -0.2) is 9.98 Å². The fourth-order valence-corrected chi connectivity index (χ4v) is 2.70. The van der Waals surface area contributed by atoms with E-state index in [1.807, 2.05) is 6.92 Å². The molecule has 0 spiro atoms. The maximum atomic E-state index is 12.6. The normalized spacial score (nSPS) is 16.1. The molecule has 1 saturated heterocycles. The van der Waals surface area contributed by atoms with E-state index < -0.39 is 11.7 Å². The first-order chi connectivity index (χ1) is 12.3. The van der Waals surface area contributed by atoms with Gasteiger partial charge in [0.1, 0.15) is 11.6 Å². The Morgan fingerprint density at radius 1 is 1.44 bits per heavy atom. The first-order valence-electron chi connectivity index (χ1n) is 8.38. The Hall–Kier alpha value is -1.01. The molecular weight excluding hydrogens is 500 g/mol. The van der Waals surface area contributed by atoms with Crippen LogP contribution in [0.2, 0.25) is 5.02 Å². The van der Waals surface area contributed by atoms with Crippen molar-refractivity contribution in [1.82, 2.24) is 15.2 Å². The maximum absolute atomic E-state index is 12.6. The number of aliphatic hydroxyl groups excluding tert-OH is 1. The molecule has 1 aliphatic rings. The summed E-state index contributed by atoms with van der Waals surface area (Å²) in [5, 5.41) is 12.6. The number of aliphatic hydroxyl groups is 1. The zero-order valence-corrected chi connectivity index (χ0v) is 17.9. The van der Waals surface area contributed by atoms with Crippen molar-refractivity contribution in [3.05, 3.63) is 22.8 Å². The van der Waals surface area contributed by atoms with Gasteiger partial charge in [-0.1, -0.05) is 11.6 Å². The molecule has 27 heavy (non-hydrogen) atoms.